The molecule has 2 N–H and O–H groups in total. The van der Waals surface area contributed by atoms with Crippen LogP contribution < -0.4 is 10.2 Å². The Morgan fingerprint density at radius 1 is 1.44 bits per heavy atom. The molecule has 3 rings (SSSR count). The van der Waals surface area contributed by atoms with Gasteiger partial charge in [-0.1, -0.05) is 0 Å². The summed E-state index contributed by atoms with van der Waals surface area (Å²) >= 11 is 0. The van der Waals surface area contributed by atoms with Gasteiger partial charge in [-0.2, -0.15) is 0 Å². The van der Waals surface area contributed by atoms with Gasteiger partial charge in [-0.25, -0.2) is 9.97 Å². The number of anilines is 1. The molecule has 2 aromatic heterocycles. The van der Waals surface area contributed by atoms with Gasteiger partial charge in [0.25, 0.3) is 0 Å². The van der Waals surface area contributed by atoms with E-state index >= 15 is 0 Å². The molecule has 1 aliphatic heterocycles. The molecule has 5 heteroatoms. The molecule has 0 spiro atoms. The minimum atomic E-state index is 0.539. The van der Waals surface area contributed by atoms with Crippen LogP contribution >= 0.6 is 0 Å². The Bertz CT molecular complexity index is 515. The second-order valence-corrected chi connectivity index (χ2v) is 4.72. The topological polar surface area (TPSA) is 56.8 Å². The van der Waals surface area contributed by atoms with E-state index in [0.717, 1.165) is 36.5 Å². The molecule has 1 fully saturated rings. The molecule has 0 aromatic carbocycles. The summed E-state index contributed by atoms with van der Waals surface area (Å²) in [5, 5.41) is 4.58. The average Bonchev–Trinajstić information content (AvgIpc) is 2.90. The SMILES string of the molecule is CCN(c1ncnc2[nH]ccc12)C1CCCNC1. The third-order valence-corrected chi connectivity index (χ3v) is 3.66. The first-order valence-corrected chi connectivity index (χ1v) is 6.65. The van der Waals surface area contributed by atoms with Crippen molar-refractivity contribution in [3.05, 3.63) is 18.6 Å². The summed E-state index contributed by atoms with van der Waals surface area (Å²) in [6.45, 7) is 5.35. The molecule has 5 nitrogen and oxygen atoms in total. The van der Waals surface area contributed by atoms with Crippen molar-refractivity contribution in [2.24, 2.45) is 0 Å². The van der Waals surface area contributed by atoms with Crippen LogP contribution in [0.15, 0.2) is 18.6 Å². The van der Waals surface area contributed by atoms with Crippen molar-refractivity contribution >= 4 is 16.9 Å². The van der Waals surface area contributed by atoms with Crippen molar-refractivity contribution in [2.45, 2.75) is 25.8 Å². The predicted octanol–water partition coefficient (Wildman–Crippen LogP) is 1.54. The molecule has 1 saturated heterocycles. The van der Waals surface area contributed by atoms with E-state index in [1.807, 2.05) is 6.20 Å². The predicted molar refractivity (Wildman–Crippen MR) is 72.8 cm³/mol. The summed E-state index contributed by atoms with van der Waals surface area (Å²) in [4.78, 5) is 14.3. The van der Waals surface area contributed by atoms with Crippen LogP contribution in [0.3, 0.4) is 0 Å². The van der Waals surface area contributed by atoms with Gasteiger partial charge in [0.05, 0.1) is 5.39 Å². The van der Waals surface area contributed by atoms with Crippen LogP contribution in [0.2, 0.25) is 0 Å². The Labute approximate surface area is 107 Å². The highest BCUT2D eigenvalue weighted by Crippen LogP contribution is 2.25. The first-order chi connectivity index (χ1) is 8.90. The first kappa shape index (κ1) is 11.5. The molecule has 0 saturated carbocycles. The lowest BCUT2D eigenvalue weighted by molar-refractivity contribution is 0.434. The van der Waals surface area contributed by atoms with Gasteiger partial charge in [0.1, 0.15) is 17.8 Å². The quantitative estimate of drug-likeness (QED) is 0.861. The summed E-state index contributed by atoms with van der Waals surface area (Å²) < 4.78 is 0. The van der Waals surface area contributed by atoms with Gasteiger partial charge >= 0.3 is 0 Å². The van der Waals surface area contributed by atoms with E-state index in [2.05, 4.69) is 38.2 Å². The molecule has 0 aliphatic carbocycles. The summed E-state index contributed by atoms with van der Waals surface area (Å²) in [6.07, 6.45) is 6.04. The molecule has 18 heavy (non-hydrogen) atoms. The molecule has 0 bridgehead atoms. The molecular formula is C13H19N5. The molecule has 2 aromatic rings. The van der Waals surface area contributed by atoms with Gasteiger partial charge in [-0.15, -0.1) is 0 Å². The van der Waals surface area contributed by atoms with E-state index in [0.29, 0.717) is 6.04 Å². The fourth-order valence-electron chi connectivity index (χ4n) is 2.77. The van der Waals surface area contributed by atoms with E-state index < -0.39 is 0 Å². The summed E-state index contributed by atoms with van der Waals surface area (Å²) in [7, 11) is 0. The zero-order valence-electron chi connectivity index (χ0n) is 10.7. The van der Waals surface area contributed by atoms with Gasteiger partial charge < -0.3 is 15.2 Å². The third-order valence-electron chi connectivity index (χ3n) is 3.66. The third kappa shape index (κ3) is 1.95. The van der Waals surface area contributed by atoms with Crippen LogP contribution in [0.4, 0.5) is 5.82 Å². The number of hydrogen-bond acceptors (Lipinski definition) is 4. The normalized spacial score (nSPS) is 20.2. The fraction of sp³-hybridized carbons (Fsp3) is 0.538. The summed E-state index contributed by atoms with van der Waals surface area (Å²) in [5.41, 5.74) is 0.919. The number of nitrogens with one attached hydrogen (secondary N) is 2. The lowest BCUT2D eigenvalue weighted by Crippen LogP contribution is -2.46. The summed E-state index contributed by atoms with van der Waals surface area (Å²) in [6, 6.07) is 2.60. The number of hydrogen-bond donors (Lipinski definition) is 2. The Kier molecular flexibility index (Phi) is 3.15. The van der Waals surface area contributed by atoms with Crippen LogP contribution in [0.25, 0.3) is 11.0 Å². The van der Waals surface area contributed by atoms with E-state index in [-0.39, 0.29) is 0 Å². The highest BCUT2D eigenvalue weighted by atomic mass is 15.2. The molecule has 0 amide bonds. The van der Waals surface area contributed by atoms with E-state index in [1.165, 1.54) is 12.8 Å². The maximum Gasteiger partial charge on any atom is 0.142 e. The number of likely N-dealkylation sites (N-methyl/N-ethyl adjacent to an activating group) is 1. The Hall–Kier alpha value is -1.62. The number of rotatable bonds is 3. The summed E-state index contributed by atoms with van der Waals surface area (Å²) in [5.74, 6) is 1.05. The standard InChI is InChI=1S/C13H19N5/c1-2-18(10-4-3-6-14-8-10)13-11-5-7-15-12(11)16-9-17-13/h5,7,9-10,14H,2-4,6,8H2,1H3,(H,15,16,17). The van der Waals surface area contributed by atoms with E-state index in [4.69, 9.17) is 0 Å². The first-order valence-electron chi connectivity index (χ1n) is 6.65. The van der Waals surface area contributed by atoms with Gasteiger partial charge in [-0.05, 0) is 32.4 Å². The van der Waals surface area contributed by atoms with Crippen molar-refractivity contribution in [1.29, 1.82) is 0 Å². The highest BCUT2D eigenvalue weighted by molar-refractivity contribution is 5.87. The average molecular weight is 245 g/mol. The zero-order chi connectivity index (χ0) is 12.4. The molecule has 0 radical (unpaired) electrons. The van der Waals surface area contributed by atoms with Crippen LogP contribution in [0.5, 0.6) is 0 Å². The number of aromatic nitrogens is 3. The largest absolute Gasteiger partial charge is 0.352 e. The van der Waals surface area contributed by atoms with Gasteiger partial charge in [0, 0.05) is 25.3 Å². The van der Waals surface area contributed by atoms with E-state index in [9.17, 15) is 0 Å². The Morgan fingerprint density at radius 3 is 3.17 bits per heavy atom. The maximum atomic E-state index is 4.49. The number of aromatic amines is 1. The fourth-order valence-corrected chi connectivity index (χ4v) is 2.77. The molecular weight excluding hydrogens is 226 g/mol. The van der Waals surface area contributed by atoms with Crippen LogP contribution in [-0.2, 0) is 0 Å². The number of piperidine rings is 1. The number of nitrogens with zero attached hydrogens (tertiary/aromatic N) is 3. The number of fused-ring (bicyclic) bond motifs is 1. The van der Waals surface area contributed by atoms with Crippen molar-refractivity contribution in [3.63, 3.8) is 0 Å². The lowest BCUT2D eigenvalue weighted by atomic mass is 10.1. The van der Waals surface area contributed by atoms with E-state index in [1.54, 1.807) is 6.33 Å². The van der Waals surface area contributed by atoms with Crippen molar-refractivity contribution in [1.82, 2.24) is 20.3 Å². The molecule has 1 atom stereocenters. The zero-order valence-corrected chi connectivity index (χ0v) is 10.7. The van der Waals surface area contributed by atoms with Crippen molar-refractivity contribution in [2.75, 3.05) is 24.5 Å². The maximum absolute atomic E-state index is 4.49. The number of H-pyrrole nitrogens is 1. The van der Waals surface area contributed by atoms with Gasteiger partial charge in [0.15, 0.2) is 0 Å². The van der Waals surface area contributed by atoms with Crippen LogP contribution in [0, 0.1) is 0 Å². The highest BCUT2D eigenvalue weighted by Gasteiger charge is 2.22. The lowest BCUT2D eigenvalue weighted by Gasteiger charge is -2.35. The molecule has 96 valence electrons. The van der Waals surface area contributed by atoms with Crippen molar-refractivity contribution < 1.29 is 0 Å². The second kappa shape index (κ2) is 4.94. The molecule has 1 aliphatic rings. The van der Waals surface area contributed by atoms with Gasteiger partial charge in [0.2, 0.25) is 0 Å². The molecule has 3 heterocycles. The van der Waals surface area contributed by atoms with Gasteiger partial charge in [-0.3, -0.25) is 0 Å². The smallest absolute Gasteiger partial charge is 0.142 e. The monoisotopic (exact) mass is 245 g/mol. The van der Waals surface area contributed by atoms with Crippen molar-refractivity contribution in [3.8, 4) is 0 Å². The minimum Gasteiger partial charge on any atom is -0.352 e. The minimum absolute atomic E-state index is 0.539. The van der Waals surface area contributed by atoms with Crippen LogP contribution in [0.1, 0.15) is 19.8 Å². The Balaban J connectivity index is 1.97. The molecule has 1 unspecified atom stereocenters. The van der Waals surface area contributed by atoms with Crippen LogP contribution in [-0.4, -0.2) is 40.6 Å². The second-order valence-electron chi connectivity index (χ2n) is 4.72. The Morgan fingerprint density at radius 2 is 2.39 bits per heavy atom.